The highest BCUT2D eigenvalue weighted by atomic mass is 19.4. The molecule has 2 bridgehead atoms. The first-order valence-electron chi connectivity index (χ1n) is 13.4. The summed E-state index contributed by atoms with van der Waals surface area (Å²) in [5, 5.41) is 0. The number of ketones is 1. The van der Waals surface area contributed by atoms with Crippen LogP contribution in [0.3, 0.4) is 0 Å². The molecular formula is C31H27F4NO4. The second-order valence-electron chi connectivity index (χ2n) is 10.7. The molecule has 3 aromatic rings. The summed E-state index contributed by atoms with van der Waals surface area (Å²) < 4.78 is 61.7. The van der Waals surface area contributed by atoms with Gasteiger partial charge in [0, 0.05) is 30.0 Å². The Morgan fingerprint density at radius 3 is 2.05 bits per heavy atom. The van der Waals surface area contributed by atoms with Crippen molar-refractivity contribution >= 4 is 11.9 Å². The van der Waals surface area contributed by atoms with Crippen molar-refractivity contribution in [2.24, 2.45) is 5.92 Å². The molecule has 2 saturated heterocycles. The Hall–Kier alpha value is -3.88. The smallest absolute Gasteiger partial charge is 0.448 e. The SMILES string of the molecule is O=C(c1ccc(OC(F)(F)F)cc1F)C1CC2CCCC(C1)N2C(=O)OCC1c2ccccc2-c2ccccc21. The van der Waals surface area contributed by atoms with Crippen molar-refractivity contribution in [3.05, 3.63) is 89.2 Å². The second kappa shape index (κ2) is 10.3. The lowest BCUT2D eigenvalue weighted by molar-refractivity contribution is -0.274. The lowest BCUT2D eigenvalue weighted by Crippen LogP contribution is -2.56. The maximum Gasteiger partial charge on any atom is 0.573 e. The third-order valence-corrected chi connectivity index (χ3v) is 8.33. The molecule has 1 aliphatic carbocycles. The number of carbonyl (C=O) groups is 2. The van der Waals surface area contributed by atoms with E-state index in [0.29, 0.717) is 31.7 Å². The quantitative estimate of drug-likeness (QED) is 0.243. The number of ether oxygens (including phenoxy) is 2. The van der Waals surface area contributed by atoms with E-state index in [0.717, 1.165) is 40.8 Å². The molecule has 3 aliphatic rings. The Morgan fingerprint density at radius 2 is 1.48 bits per heavy atom. The lowest BCUT2D eigenvalue weighted by Gasteiger charge is -2.47. The van der Waals surface area contributed by atoms with Gasteiger partial charge in [0.05, 0.1) is 5.56 Å². The summed E-state index contributed by atoms with van der Waals surface area (Å²) in [6.07, 6.45) is -2.37. The summed E-state index contributed by atoms with van der Waals surface area (Å²) in [4.78, 5) is 28.4. The highest BCUT2D eigenvalue weighted by molar-refractivity contribution is 5.98. The zero-order valence-electron chi connectivity index (χ0n) is 21.5. The highest BCUT2D eigenvalue weighted by Gasteiger charge is 2.44. The molecule has 1 amide bonds. The molecule has 2 heterocycles. The van der Waals surface area contributed by atoms with Gasteiger partial charge in [-0.3, -0.25) is 4.79 Å². The van der Waals surface area contributed by atoms with E-state index in [1.807, 2.05) is 24.3 Å². The summed E-state index contributed by atoms with van der Waals surface area (Å²) in [6.45, 7) is 0.197. The number of amides is 1. The number of alkyl halides is 3. The molecule has 0 aromatic heterocycles. The maximum atomic E-state index is 14.6. The summed E-state index contributed by atoms with van der Waals surface area (Å²) in [5.41, 5.74) is 4.25. The lowest BCUT2D eigenvalue weighted by atomic mass is 9.76. The van der Waals surface area contributed by atoms with Crippen LogP contribution in [0.25, 0.3) is 11.1 Å². The van der Waals surface area contributed by atoms with Gasteiger partial charge >= 0.3 is 12.5 Å². The first-order chi connectivity index (χ1) is 19.2. The molecule has 0 spiro atoms. The molecule has 2 aliphatic heterocycles. The molecule has 208 valence electrons. The molecule has 0 saturated carbocycles. The minimum atomic E-state index is -4.96. The van der Waals surface area contributed by atoms with E-state index in [9.17, 15) is 27.2 Å². The number of hydrogen-bond acceptors (Lipinski definition) is 4. The number of benzene rings is 3. The zero-order valence-corrected chi connectivity index (χ0v) is 21.5. The monoisotopic (exact) mass is 553 g/mol. The van der Waals surface area contributed by atoms with Gasteiger partial charge in [-0.1, -0.05) is 48.5 Å². The number of halogens is 4. The molecule has 6 rings (SSSR count). The largest absolute Gasteiger partial charge is 0.573 e. The van der Waals surface area contributed by atoms with Crippen LogP contribution in [0.2, 0.25) is 0 Å². The van der Waals surface area contributed by atoms with Crippen LogP contribution in [0.15, 0.2) is 66.7 Å². The summed E-state index contributed by atoms with van der Waals surface area (Å²) >= 11 is 0. The van der Waals surface area contributed by atoms with Gasteiger partial charge in [0.25, 0.3) is 0 Å². The molecule has 2 unspecified atom stereocenters. The van der Waals surface area contributed by atoms with Gasteiger partial charge in [-0.2, -0.15) is 0 Å². The van der Waals surface area contributed by atoms with E-state index in [-0.39, 0.29) is 30.2 Å². The van der Waals surface area contributed by atoms with Crippen molar-refractivity contribution in [2.45, 2.75) is 56.5 Å². The number of piperidine rings is 2. The van der Waals surface area contributed by atoms with Crippen LogP contribution < -0.4 is 4.74 Å². The highest BCUT2D eigenvalue weighted by Crippen LogP contribution is 2.45. The Balaban J connectivity index is 1.14. The Labute approximate surface area is 228 Å². The summed E-state index contributed by atoms with van der Waals surface area (Å²) in [6, 6.07) is 18.3. The van der Waals surface area contributed by atoms with Crippen molar-refractivity contribution < 1.29 is 36.6 Å². The second-order valence-corrected chi connectivity index (χ2v) is 10.7. The molecule has 5 nitrogen and oxygen atoms in total. The fourth-order valence-corrected chi connectivity index (χ4v) is 6.67. The topological polar surface area (TPSA) is 55.8 Å². The first kappa shape index (κ1) is 26.3. The van der Waals surface area contributed by atoms with Gasteiger partial charge in [0.15, 0.2) is 5.78 Å². The normalized spacial score (nSPS) is 21.9. The number of nitrogens with zero attached hydrogens (tertiary/aromatic N) is 1. The van der Waals surface area contributed by atoms with Gasteiger partial charge in [0.1, 0.15) is 18.2 Å². The molecular weight excluding hydrogens is 526 g/mol. The number of fused-ring (bicyclic) bond motifs is 5. The fraction of sp³-hybridized carbons (Fsp3) is 0.355. The Bertz CT molecular complexity index is 1400. The maximum absolute atomic E-state index is 14.6. The summed E-state index contributed by atoms with van der Waals surface area (Å²) in [7, 11) is 0. The van der Waals surface area contributed by atoms with Crippen molar-refractivity contribution in [3.63, 3.8) is 0 Å². The third-order valence-electron chi connectivity index (χ3n) is 8.33. The number of hydrogen-bond donors (Lipinski definition) is 0. The van der Waals surface area contributed by atoms with Crippen molar-refractivity contribution in [1.29, 1.82) is 0 Å². The van der Waals surface area contributed by atoms with E-state index in [1.54, 1.807) is 4.90 Å². The van der Waals surface area contributed by atoms with Gasteiger partial charge in [-0.05, 0) is 66.5 Å². The third kappa shape index (κ3) is 4.93. The van der Waals surface area contributed by atoms with Crippen LogP contribution >= 0.6 is 0 Å². The Morgan fingerprint density at radius 1 is 0.875 bits per heavy atom. The number of Topliss-reactive ketones (excluding diaryl/α,β-unsaturated/α-hetero) is 1. The van der Waals surface area contributed by atoms with Gasteiger partial charge in [-0.25, -0.2) is 9.18 Å². The van der Waals surface area contributed by atoms with E-state index in [2.05, 4.69) is 29.0 Å². The zero-order chi connectivity index (χ0) is 28.0. The molecule has 0 N–H and O–H groups in total. The van der Waals surface area contributed by atoms with Crippen LogP contribution in [-0.2, 0) is 4.74 Å². The summed E-state index contributed by atoms with van der Waals surface area (Å²) in [5.74, 6) is -2.86. The van der Waals surface area contributed by atoms with Crippen molar-refractivity contribution in [1.82, 2.24) is 4.90 Å². The van der Waals surface area contributed by atoms with Crippen molar-refractivity contribution in [3.8, 4) is 16.9 Å². The van der Waals surface area contributed by atoms with Crippen LogP contribution in [0.1, 0.15) is 59.5 Å². The van der Waals surface area contributed by atoms with Gasteiger partial charge in [-0.15, -0.1) is 13.2 Å². The Kier molecular flexibility index (Phi) is 6.76. The van der Waals surface area contributed by atoms with E-state index in [1.165, 1.54) is 0 Å². The standard InChI is InChI=1S/C31H27F4NO4/c32-28-16-21(40-31(33,34)35)12-13-26(28)29(37)18-14-19-6-5-7-20(15-18)36(19)30(38)39-17-27-24-10-3-1-8-22(24)23-9-2-4-11-25(23)27/h1-4,8-13,16,18-20,27H,5-7,14-15,17H2. The van der Waals surface area contributed by atoms with Crippen LogP contribution in [0.5, 0.6) is 5.75 Å². The molecule has 3 aromatic carbocycles. The number of carbonyl (C=O) groups excluding carboxylic acids is 2. The molecule has 40 heavy (non-hydrogen) atoms. The molecule has 9 heteroatoms. The average Bonchev–Trinajstić information content (AvgIpc) is 3.23. The average molecular weight is 554 g/mol. The van der Waals surface area contributed by atoms with Crippen LogP contribution in [-0.4, -0.2) is 41.8 Å². The van der Waals surface area contributed by atoms with E-state index >= 15 is 0 Å². The number of rotatable bonds is 5. The minimum absolute atomic E-state index is 0.0671. The predicted octanol–water partition coefficient (Wildman–Crippen LogP) is 7.49. The van der Waals surface area contributed by atoms with Crippen LogP contribution in [0, 0.1) is 11.7 Å². The molecule has 0 radical (unpaired) electrons. The van der Waals surface area contributed by atoms with E-state index in [4.69, 9.17) is 4.74 Å². The van der Waals surface area contributed by atoms with Crippen molar-refractivity contribution in [2.75, 3.05) is 6.61 Å². The van der Waals surface area contributed by atoms with Gasteiger partial charge in [0.2, 0.25) is 0 Å². The fourth-order valence-electron chi connectivity index (χ4n) is 6.67. The predicted molar refractivity (Wildman–Crippen MR) is 138 cm³/mol. The molecule has 2 fully saturated rings. The first-order valence-corrected chi connectivity index (χ1v) is 13.4. The molecule has 2 atom stereocenters. The van der Waals surface area contributed by atoms with Crippen LogP contribution in [0.4, 0.5) is 22.4 Å². The van der Waals surface area contributed by atoms with E-state index < -0.39 is 35.7 Å². The van der Waals surface area contributed by atoms with Gasteiger partial charge < -0.3 is 14.4 Å². The minimum Gasteiger partial charge on any atom is -0.448 e.